The summed E-state index contributed by atoms with van der Waals surface area (Å²) in [6.07, 6.45) is -6.93. The second-order valence-electron chi connectivity index (χ2n) is 5.74. The molecule has 0 radical (unpaired) electrons. The molecular weight excluding hydrogens is 453 g/mol. The number of carbonyl (C=O) groups excluding carboxylic acids is 1. The predicted octanol–water partition coefficient (Wildman–Crippen LogP) is 4.97. The Labute approximate surface area is 160 Å². The average Bonchev–Trinajstić information content (AvgIpc) is 3.06. The van der Waals surface area contributed by atoms with E-state index in [2.05, 4.69) is 18.6 Å². The third kappa shape index (κ3) is 4.67. The number of hydrogen-bond donors (Lipinski definition) is 0. The first-order chi connectivity index (χ1) is 13.1. The number of rotatable bonds is 9. The standard InChI is InChI=1S/C13H12F9NO5S/c1-5(2)8(9(24)25-3)6-4-7(23-26-6)27-29-13(20,21)11(16,28-22)10(14,15)12(17,18)19/h4-5,8H,1-3H3. The molecule has 6 nitrogen and oxygen atoms in total. The summed E-state index contributed by atoms with van der Waals surface area (Å²) in [5.41, 5.74) is 0. The highest BCUT2D eigenvalue weighted by molar-refractivity contribution is 7.96. The summed E-state index contributed by atoms with van der Waals surface area (Å²) in [6.45, 7) is 3.06. The van der Waals surface area contributed by atoms with Gasteiger partial charge in [-0.2, -0.15) is 35.1 Å². The summed E-state index contributed by atoms with van der Waals surface area (Å²) in [4.78, 5) is 13.4. The molecule has 0 spiro atoms. The first kappa shape index (κ1) is 25.2. The van der Waals surface area contributed by atoms with Crippen LogP contribution in [0.3, 0.4) is 0 Å². The molecule has 0 aromatic carbocycles. The minimum atomic E-state index is -6.96. The maximum absolute atomic E-state index is 13.6. The molecule has 0 fully saturated rings. The Balaban J connectivity index is 3.08. The lowest BCUT2D eigenvalue weighted by Gasteiger charge is -2.34. The van der Waals surface area contributed by atoms with Crippen molar-refractivity contribution in [3.05, 3.63) is 11.8 Å². The van der Waals surface area contributed by atoms with Gasteiger partial charge in [-0.05, 0) is 15.6 Å². The molecule has 1 heterocycles. The first-order valence-electron chi connectivity index (χ1n) is 7.26. The molecule has 0 aliphatic carbocycles. The topological polar surface area (TPSA) is 70.8 Å². The highest BCUT2D eigenvalue weighted by Gasteiger charge is 2.84. The summed E-state index contributed by atoms with van der Waals surface area (Å²) in [5, 5.41) is -2.90. The smallest absolute Gasteiger partial charge is 0.459 e. The van der Waals surface area contributed by atoms with Crippen LogP contribution in [0.4, 0.5) is 39.6 Å². The van der Waals surface area contributed by atoms with Crippen molar-refractivity contribution in [3.63, 3.8) is 0 Å². The van der Waals surface area contributed by atoms with Gasteiger partial charge in [0.25, 0.3) is 5.88 Å². The van der Waals surface area contributed by atoms with Gasteiger partial charge in [-0.25, -0.2) is 0 Å². The van der Waals surface area contributed by atoms with Crippen LogP contribution in [-0.2, 0) is 14.5 Å². The number of hydrogen-bond acceptors (Lipinski definition) is 7. The van der Waals surface area contributed by atoms with Crippen LogP contribution >= 0.6 is 12.0 Å². The number of ether oxygens (including phenoxy) is 1. The largest absolute Gasteiger partial charge is 0.468 e. The van der Waals surface area contributed by atoms with Crippen molar-refractivity contribution in [1.29, 1.82) is 0 Å². The zero-order chi connectivity index (χ0) is 22.8. The monoisotopic (exact) mass is 465 g/mol. The number of esters is 1. The van der Waals surface area contributed by atoms with Gasteiger partial charge in [0, 0.05) is 6.07 Å². The Hall–Kier alpha value is -1.84. The van der Waals surface area contributed by atoms with Gasteiger partial charge in [0.1, 0.15) is 18.0 Å². The summed E-state index contributed by atoms with van der Waals surface area (Å²) in [7, 11) is 1.03. The lowest BCUT2D eigenvalue weighted by molar-refractivity contribution is -0.458. The average molecular weight is 465 g/mol. The van der Waals surface area contributed by atoms with Gasteiger partial charge in [-0.1, -0.05) is 13.8 Å². The van der Waals surface area contributed by atoms with Crippen molar-refractivity contribution in [2.45, 2.75) is 43.0 Å². The molecule has 0 aliphatic heterocycles. The van der Waals surface area contributed by atoms with Gasteiger partial charge in [0.15, 0.2) is 5.76 Å². The quantitative estimate of drug-likeness (QED) is 0.290. The summed E-state index contributed by atoms with van der Waals surface area (Å²) < 4.78 is 129. The molecule has 0 amide bonds. The Bertz CT molecular complexity index is 711. The summed E-state index contributed by atoms with van der Waals surface area (Å²) >= 11 is -1.64. The van der Waals surface area contributed by atoms with E-state index in [1.807, 2.05) is 0 Å². The number of alkyl halides is 8. The van der Waals surface area contributed by atoms with Crippen molar-refractivity contribution in [2.24, 2.45) is 5.92 Å². The van der Waals surface area contributed by atoms with Crippen LogP contribution in [-0.4, -0.2) is 41.4 Å². The number of aromatic nitrogens is 1. The van der Waals surface area contributed by atoms with Crippen LogP contribution in [0.2, 0.25) is 0 Å². The lowest BCUT2D eigenvalue weighted by atomic mass is 9.93. The van der Waals surface area contributed by atoms with Crippen molar-refractivity contribution in [3.8, 4) is 5.88 Å². The highest BCUT2D eigenvalue weighted by atomic mass is 32.2. The van der Waals surface area contributed by atoms with Gasteiger partial charge in [0.2, 0.25) is 0 Å². The van der Waals surface area contributed by atoms with Crippen molar-refractivity contribution < 1.29 is 62.8 Å². The van der Waals surface area contributed by atoms with Crippen LogP contribution < -0.4 is 4.18 Å². The van der Waals surface area contributed by atoms with E-state index in [0.29, 0.717) is 6.07 Å². The third-order valence-corrected chi connectivity index (χ3v) is 4.13. The van der Waals surface area contributed by atoms with Gasteiger partial charge < -0.3 is 13.4 Å². The summed E-state index contributed by atoms with van der Waals surface area (Å²) in [5.74, 6) is -17.1. The second-order valence-corrected chi connectivity index (χ2v) is 6.59. The number of nitrogens with zero attached hydrogens (tertiary/aromatic N) is 1. The zero-order valence-corrected chi connectivity index (χ0v) is 15.3. The van der Waals surface area contributed by atoms with Gasteiger partial charge in [0.05, 0.1) is 7.11 Å². The summed E-state index contributed by atoms with van der Waals surface area (Å²) in [6, 6.07) is 0.697. The van der Waals surface area contributed by atoms with E-state index in [-0.39, 0.29) is 5.76 Å². The van der Waals surface area contributed by atoms with Gasteiger partial charge in [-0.15, -0.1) is 4.94 Å². The van der Waals surface area contributed by atoms with Gasteiger partial charge >= 0.3 is 29.2 Å². The fourth-order valence-corrected chi connectivity index (χ4v) is 2.44. The van der Waals surface area contributed by atoms with E-state index in [9.17, 15) is 44.4 Å². The molecule has 0 aliphatic rings. The van der Waals surface area contributed by atoms with E-state index < -0.39 is 58.9 Å². The Morgan fingerprint density at radius 3 is 2.10 bits per heavy atom. The SMILES string of the molecule is COC(=O)C(c1cc(OSC(F)(F)C(F)(OF)C(F)(F)C(F)(F)F)no1)C(C)C. The Morgan fingerprint density at radius 2 is 1.69 bits per heavy atom. The van der Waals surface area contributed by atoms with E-state index >= 15 is 0 Å². The fourth-order valence-electron chi connectivity index (χ4n) is 1.91. The number of methoxy groups -OCH3 is 1. The van der Waals surface area contributed by atoms with E-state index in [0.717, 1.165) is 7.11 Å². The maximum atomic E-state index is 13.6. The van der Waals surface area contributed by atoms with Crippen LogP contribution in [0.1, 0.15) is 25.5 Å². The molecule has 29 heavy (non-hydrogen) atoms. The zero-order valence-electron chi connectivity index (χ0n) is 14.5. The second kappa shape index (κ2) is 8.49. The van der Waals surface area contributed by atoms with Crippen LogP contribution in [0, 0.1) is 5.92 Å². The molecule has 1 rings (SSSR count). The first-order valence-corrected chi connectivity index (χ1v) is 8.01. The third-order valence-electron chi connectivity index (χ3n) is 3.41. The van der Waals surface area contributed by atoms with Crippen molar-refractivity contribution in [2.75, 3.05) is 7.11 Å². The minimum Gasteiger partial charge on any atom is -0.468 e. The van der Waals surface area contributed by atoms with E-state index in [1.165, 1.54) is 13.8 Å². The molecule has 2 unspecified atom stereocenters. The molecule has 2 atom stereocenters. The van der Waals surface area contributed by atoms with Gasteiger partial charge in [-0.3, -0.25) is 4.79 Å². The normalized spacial score (nSPS) is 16.4. The Morgan fingerprint density at radius 1 is 1.14 bits per heavy atom. The van der Waals surface area contributed by atoms with Crippen molar-refractivity contribution >= 4 is 18.0 Å². The molecule has 0 saturated heterocycles. The van der Waals surface area contributed by atoms with Crippen LogP contribution in [0.5, 0.6) is 5.88 Å². The van der Waals surface area contributed by atoms with E-state index in [4.69, 9.17) is 0 Å². The molecule has 0 bridgehead atoms. The van der Waals surface area contributed by atoms with Crippen LogP contribution in [0.25, 0.3) is 0 Å². The predicted molar refractivity (Wildman–Crippen MR) is 76.3 cm³/mol. The molecule has 16 heteroatoms. The number of carbonyl (C=O) groups is 1. The molecule has 0 N–H and O–H groups in total. The minimum absolute atomic E-state index is 0.306. The molecule has 1 aromatic rings. The maximum Gasteiger partial charge on any atom is 0.459 e. The molecule has 0 saturated carbocycles. The molecule has 168 valence electrons. The van der Waals surface area contributed by atoms with E-state index in [1.54, 1.807) is 4.94 Å². The number of halogens is 9. The molecular formula is C13H12F9NO5S. The highest BCUT2D eigenvalue weighted by Crippen LogP contribution is 2.56. The molecule has 1 aromatic heterocycles. The lowest BCUT2D eigenvalue weighted by Crippen LogP contribution is -2.63. The van der Waals surface area contributed by atoms with Crippen molar-refractivity contribution in [1.82, 2.24) is 5.16 Å². The fraction of sp³-hybridized carbons (Fsp3) is 0.692. The van der Waals surface area contributed by atoms with Crippen LogP contribution in [0.15, 0.2) is 10.6 Å². The Kier molecular flexibility index (Phi) is 7.38.